The molecule has 0 bridgehead atoms. The van der Waals surface area contributed by atoms with Gasteiger partial charge in [0.15, 0.2) is 0 Å². The molecule has 0 aromatic heterocycles. The third-order valence-corrected chi connectivity index (χ3v) is 3.22. The van der Waals surface area contributed by atoms with Crippen LogP contribution in [0, 0.1) is 0 Å². The molecule has 1 aromatic rings. The molecular formula is C13H18O. The Labute approximate surface area is 86.1 Å². The largest absolute Gasteiger partial charge is 0.487 e. The van der Waals surface area contributed by atoms with E-state index in [1.165, 1.54) is 11.1 Å². The second kappa shape index (κ2) is 3.30. The van der Waals surface area contributed by atoms with E-state index in [9.17, 15) is 0 Å². The predicted molar refractivity (Wildman–Crippen MR) is 58.8 cm³/mol. The molecule has 0 N–H and O–H groups in total. The Morgan fingerprint density at radius 3 is 2.79 bits per heavy atom. The standard InChI is InChI=1S/C13H18O/c1-4-10-7-6-8-11-9-13(3,5-2)14-12(10)11/h6-8H,4-5,9H2,1-3H3. The van der Waals surface area contributed by atoms with Gasteiger partial charge in [-0.15, -0.1) is 0 Å². The van der Waals surface area contributed by atoms with Crippen LogP contribution < -0.4 is 4.74 Å². The van der Waals surface area contributed by atoms with E-state index >= 15 is 0 Å². The van der Waals surface area contributed by atoms with Gasteiger partial charge in [-0.3, -0.25) is 0 Å². The number of rotatable bonds is 2. The Morgan fingerprint density at radius 1 is 1.36 bits per heavy atom. The summed E-state index contributed by atoms with van der Waals surface area (Å²) in [5.74, 6) is 1.15. The van der Waals surface area contributed by atoms with Crippen LogP contribution in [0.1, 0.15) is 38.3 Å². The van der Waals surface area contributed by atoms with Crippen LogP contribution in [0.15, 0.2) is 18.2 Å². The summed E-state index contributed by atoms with van der Waals surface area (Å²) < 4.78 is 6.07. The van der Waals surface area contributed by atoms with Crippen molar-refractivity contribution < 1.29 is 4.74 Å². The second-order valence-corrected chi connectivity index (χ2v) is 4.34. The first-order chi connectivity index (χ1) is 6.68. The summed E-state index contributed by atoms with van der Waals surface area (Å²) in [6.07, 6.45) is 3.19. The number of hydrogen-bond acceptors (Lipinski definition) is 1. The van der Waals surface area contributed by atoms with Gasteiger partial charge in [0, 0.05) is 6.42 Å². The van der Waals surface area contributed by atoms with Crippen LogP contribution in [0.4, 0.5) is 0 Å². The maximum Gasteiger partial charge on any atom is 0.126 e. The summed E-state index contributed by atoms with van der Waals surface area (Å²) in [5.41, 5.74) is 2.77. The molecule has 0 spiro atoms. The van der Waals surface area contributed by atoms with Crippen molar-refractivity contribution in [3.63, 3.8) is 0 Å². The highest BCUT2D eigenvalue weighted by atomic mass is 16.5. The topological polar surface area (TPSA) is 9.23 Å². The molecule has 76 valence electrons. The van der Waals surface area contributed by atoms with Crippen molar-refractivity contribution in [1.82, 2.24) is 0 Å². The summed E-state index contributed by atoms with van der Waals surface area (Å²) in [7, 11) is 0. The highest BCUT2D eigenvalue weighted by molar-refractivity contribution is 5.45. The zero-order chi connectivity index (χ0) is 10.2. The lowest BCUT2D eigenvalue weighted by Gasteiger charge is -2.22. The zero-order valence-electron chi connectivity index (χ0n) is 9.26. The van der Waals surface area contributed by atoms with E-state index in [0.29, 0.717) is 0 Å². The number of ether oxygens (including phenoxy) is 1. The fraction of sp³-hybridized carbons (Fsp3) is 0.538. The monoisotopic (exact) mass is 190 g/mol. The van der Waals surface area contributed by atoms with Crippen molar-refractivity contribution in [2.75, 3.05) is 0 Å². The lowest BCUT2D eigenvalue weighted by Crippen LogP contribution is -2.28. The Balaban J connectivity index is 2.39. The summed E-state index contributed by atoms with van der Waals surface area (Å²) >= 11 is 0. The van der Waals surface area contributed by atoms with Crippen molar-refractivity contribution in [1.29, 1.82) is 0 Å². The summed E-state index contributed by atoms with van der Waals surface area (Å²) in [5, 5.41) is 0. The van der Waals surface area contributed by atoms with Crippen molar-refractivity contribution in [2.45, 2.75) is 45.6 Å². The SMILES string of the molecule is CCc1cccc2c1OC(C)(CC)C2. The first-order valence-electron chi connectivity index (χ1n) is 5.48. The molecule has 0 amide bonds. The average Bonchev–Trinajstić information content (AvgIpc) is 2.54. The number of aryl methyl sites for hydroxylation is 1. The quantitative estimate of drug-likeness (QED) is 0.695. The molecule has 1 heteroatoms. The Morgan fingerprint density at radius 2 is 2.14 bits per heavy atom. The van der Waals surface area contributed by atoms with Gasteiger partial charge >= 0.3 is 0 Å². The van der Waals surface area contributed by atoms with Crippen LogP contribution in [0.5, 0.6) is 5.75 Å². The number of para-hydroxylation sites is 1. The van der Waals surface area contributed by atoms with E-state index in [-0.39, 0.29) is 5.60 Å². The molecule has 1 aromatic carbocycles. The van der Waals surface area contributed by atoms with Crippen LogP contribution >= 0.6 is 0 Å². The number of fused-ring (bicyclic) bond motifs is 1. The molecule has 1 aliphatic heterocycles. The predicted octanol–water partition coefficient (Wildman–Crippen LogP) is 3.35. The smallest absolute Gasteiger partial charge is 0.126 e. The third kappa shape index (κ3) is 1.41. The fourth-order valence-electron chi connectivity index (χ4n) is 2.07. The van der Waals surface area contributed by atoms with Gasteiger partial charge in [-0.25, -0.2) is 0 Å². The normalized spacial score (nSPS) is 24.5. The van der Waals surface area contributed by atoms with E-state index < -0.39 is 0 Å². The molecular weight excluding hydrogens is 172 g/mol. The average molecular weight is 190 g/mol. The van der Waals surface area contributed by atoms with E-state index in [4.69, 9.17) is 4.74 Å². The summed E-state index contributed by atoms with van der Waals surface area (Å²) in [6.45, 7) is 6.57. The van der Waals surface area contributed by atoms with Crippen molar-refractivity contribution in [3.05, 3.63) is 29.3 Å². The van der Waals surface area contributed by atoms with Gasteiger partial charge in [-0.1, -0.05) is 32.0 Å². The minimum atomic E-state index is 0.0353. The minimum Gasteiger partial charge on any atom is -0.487 e. The molecule has 0 radical (unpaired) electrons. The molecule has 2 rings (SSSR count). The number of benzene rings is 1. The lowest BCUT2D eigenvalue weighted by atomic mass is 9.96. The molecule has 0 saturated heterocycles. The minimum absolute atomic E-state index is 0.0353. The molecule has 1 atom stereocenters. The highest BCUT2D eigenvalue weighted by Crippen LogP contribution is 2.39. The molecule has 0 fully saturated rings. The molecule has 1 unspecified atom stereocenters. The van der Waals surface area contributed by atoms with Crippen LogP contribution in [0.25, 0.3) is 0 Å². The van der Waals surface area contributed by atoms with Gasteiger partial charge < -0.3 is 4.74 Å². The maximum absolute atomic E-state index is 6.07. The van der Waals surface area contributed by atoms with E-state index in [0.717, 1.165) is 25.0 Å². The van der Waals surface area contributed by atoms with Gasteiger partial charge in [0.05, 0.1) is 0 Å². The Kier molecular flexibility index (Phi) is 2.26. The van der Waals surface area contributed by atoms with Crippen molar-refractivity contribution in [2.24, 2.45) is 0 Å². The first-order valence-corrected chi connectivity index (χ1v) is 5.48. The van der Waals surface area contributed by atoms with Gasteiger partial charge in [0.2, 0.25) is 0 Å². The van der Waals surface area contributed by atoms with Gasteiger partial charge in [-0.2, -0.15) is 0 Å². The molecule has 1 nitrogen and oxygen atoms in total. The van der Waals surface area contributed by atoms with Crippen molar-refractivity contribution in [3.8, 4) is 5.75 Å². The van der Waals surface area contributed by atoms with E-state index in [2.05, 4.69) is 39.0 Å². The summed E-state index contributed by atoms with van der Waals surface area (Å²) in [4.78, 5) is 0. The molecule has 0 saturated carbocycles. The van der Waals surface area contributed by atoms with E-state index in [1.807, 2.05) is 0 Å². The number of hydrogen-bond donors (Lipinski definition) is 0. The van der Waals surface area contributed by atoms with E-state index in [1.54, 1.807) is 0 Å². The third-order valence-electron chi connectivity index (χ3n) is 3.22. The molecule has 14 heavy (non-hydrogen) atoms. The molecule has 1 heterocycles. The fourth-order valence-corrected chi connectivity index (χ4v) is 2.07. The van der Waals surface area contributed by atoms with Crippen LogP contribution in [-0.4, -0.2) is 5.60 Å². The maximum atomic E-state index is 6.07. The van der Waals surface area contributed by atoms with Gasteiger partial charge in [0.1, 0.15) is 11.4 Å². The second-order valence-electron chi connectivity index (χ2n) is 4.34. The van der Waals surface area contributed by atoms with Crippen LogP contribution in [-0.2, 0) is 12.8 Å². The lowest BCUT2D eigenvalue weighted by molar-refractivity contribution is 0.111. The molecule has 1 aliphatic rings. The van der Waals surface area contributed by atoms with Crippen molar-refractivity contribution >= 4 is 0 Å². The van der Waals surface area contributed by atoms with Gasteiger partial charge in [0.25, 0.3) is 0 Å². The molecule has 0 aliphatic carbocycles. The van der Waals surface area contributed by atoms with Crippen LogP contribution in [0.3, 0.4) is 0 Å². The Hall–Kier alpha value is -0.980. The van der Waals surface area contributed by atoms with Gasteiger partial charge in [-0.05, 0) is 30.9 Å². The zero-order valence-corrected chi connectivity index (χ0v) is 9.26. The Bertz CT molecular complexity index is 343. The highest BCUT2D eigenvalue weighted by Gasteiger charge is 2.33. The van der Waals surface area contributed by atoms with Crippen LogP contribution in [0.2, 0.25) is 0 Å². The first kappa shape index (κ1) is 9.57. The summed E-state index contributed by atoms with van der Waals surface area (Å²) in [6, 6.07) is 6.50.